The highest BCUT2D eigenvalue weighted by Gasteiger charge is 2.55. The number of unbranched alkanes of at least 4 members (excludes halogenated alkanes) is 1. The summed E-state index contributed by atoms with van der Waals surface area (Å²) in [7, 11) is -2.45. The molecule has 0 radical (unpaired) electrons. The van der Waals surface area contributed by atoms with Gasteiger partial charge in [-0.2, -0.15) is 33.8 Å². The topological polar surface area (TPSA) is 3.24 Å². The van der Waals surface area contributed by atoms with Crippen molar-refractivity contribution in [3.05, 3.63) is 112 Å². The summed E-state index contributed by atoms with van der Waals surface area (Å²) in [5.74, 6) is 0. The van der Waals surface area contributed by atoms with Crippen molar-refractivity contribution < 1.29 is 0 Å². The van der Waals surface area contributed by atoms with Crippen LogP contribution >= 0.6 is 38.2 Å². The van der Waals surface area contributed by atoms with E-state index in [-0.39, 0.29) is 0 Å². The molecule has 2 atom stereocenters. The fraction of sp³-hybridized carbons (Fsp3) is 0.276. The molecule has 1 nitrogen and oxygen atoms in total. The van der Waals surface area contributed by atoms with Crippen molar-refractivity contribution in [3.8, 4) is 0 Å². The summed E-state index contributed by atoms with van der Waals surface area (Å²) in [6, 6.07) is 27.3. The first-order valence-corrected chi connectivity index (χ1v) is 17.4. The number of benzene rings is 2. The van der Waals surface area contributed by atoms with E-state index in [1.807, 2.05) is 22.7 Å². The number of nitrogens with zero attached hydrogens (tertiary/aromatic N) is 1. The highest BCUT2D eigenvalue weighted by atomic mass is 32.1. The lowest BCUT2D eigenvalue weighted by Crippen LogP contribution is -2.30. The highest BCUT2D eigenvalue weighted by molar-refractivity contribution is 7.87. The van der Waals surface area contributed by atoms with E-state index in [1.165, 1.54) is 47.4 Å². The van der Waals surface area contributed by atoms with E-state index in [0.717, 1.165) is 6.54 Å². The molecule has 5 rings (SSSR count). The van der Waals surface area contributed by atoms with Gasteiger partial charge in [-0.25, -0.2) is 0 Å². The van der Waals surface area contributed by atoms with Crippen LogP contribution in [-0.4, -0.2) is 11.0 Å². The van der Waals surface area contributed by atoms with Gasteiger partial charge >= 0.3 is 0 Å². The van der Waals surface area contributed by atoms with E-state index in [4.69, 9.17) is 6.66 Å². The zero-order chi connectivity index (χ0) is 23.4. The van der Waals surface area contributed by atoms with E-state index in [9.17, 15) is 0 Å². The van der Waals surface area contributed by atoms with Gasteiger partial charge in [0, 0.05) is 27.9 Å². The average Bonchev–Trinajstić information content (AvgIpc) is 3.65. The van der Waals surface area contributed by atoms with Crippen LogP contribution in [0.5, 0.6) is 0 Å². The number of hydrogen-bond donors (Lipinski definition) is 0. The normalized spacial score (nSPS) is 19.8. The molecular weight excluding hydrogens is 488 g/mol. The summed E-state index contributed by atoms with van der Waals surface area (Å²) in [5.41, 5.74) is 3.99. The largest absolute Gasteiger partial charge is 0.179 e. The lowest BCUT2D eigenvalue weighted by molar-refractivity contribution is 0.625. The molecule has 0 N–H and O–H groups in total. The Morgan fingerprint density at radius 3 is 1.74 bits per heavy atom. The molecule has 34 heavy (non-hydrogen) atoms. The first-order chi connectivity index (χ1) is 16.7. The summed E-state index contributed by atoms with van der Waals surface area (Å²) in [6.45, 7) is 8.78. The Morgan fingerprint density at radius 1 is 0.824 bits per heavy atom. The minimum atomic E-state index is -1.84. The first-order valence-electron chi connectivity index (χ1n) is 12.2. The minimum Gasteiger partial charge on any atom is -0.179 e. The Hall–Kier alpha value is -1.34. The van der Waals surface area contributed by atoms with Crippen LogP contribution < -0.4 is 10.6 Å². The molecule has 2 aromatic heterocycles. The molecule has 1 saturated heterocycles. The van der Waals surface area contributed by atoms with Crippen molar-refractivity contribution in [2.45, 2.75) is 43.9 Å². The van der Waals surface area contributed by atoms with Crippen LogP contribution in [0.4, 0.5) is 0 Å². The molecule has 0 aliphatic carbocycles. The third-order valence-corrected chi connectivity index (χ3v) is 16.8. The molecule has 0 unspecified atom stereocenters. The van der Waals surface area contributed by atoms with Crippen molar-refractivity contribution in [1.29, 1.82) is 0 Å². The van der Waals surface area contributed by atoms with Crippen LogP contribution in [0.3, 0.4) is 0 Å². The molecule has 1 fully saturated rings. The van der Waals surface area contributed by atoms with Crippen LogP contribution in [0.2, 0.25) is 0 Å². The van der Waals surface area contributed by atoms with E-state index in [2.05, 4.69) is 106 Å². The third-order valence-electron chi connectivity index (χ3n) is 7.04. The Kier molecular flexibility index (Phi) is 7.99. The third kappa shape index (κ3) is 4.71. The maximum Gasteiger partial charge on any atom is 0.0845 e. The van der Waals surface area contributed by atoms with E-state index >= 15 is 0 Å². The maximum atomic E-state index is 5.34. The molecule has 1 aliphatic heterocycles. The second kappa shape index (κ2) is 11.2. The molecular formula is C29H33NP2S2. The van der Waals surface area contributed by atoms with Crippen LogP contribution in [0.1, 0.15) is 55.1 Å². The summed E-state index contributed by atoms with van der Waals surface area (Å²) in [4.78, 5) is 0. The Balaban J connectivity index is 1.69. The van der Waals surface area contributed by atoms with Crippen LogP contribution in [-0.2, 0) is 0 Å². The summed E-state index contributed by atoms with van der Waals surface area (Å²) in [5, 5.41) is 12.3. The van der Waals surface area contributed by atoms with Crippen molar-refractivity contribution in [2.24, 2.45) is 0 Å². The summed E-state index contributed by atoms with van der Waals surface area (Å²) >= 11 is 3.65. The highest BCUT2D eigenvalue weighted by Crippen LogP contribution is 2.88. The summed E-state index contributed by atoms with van der Waals surface area (Å²) < 4.78 is 2.97. The molecule has 0 amide bonds. The molecule has 5 heteroatoms. The van der Waals surface area contributed by atoms with Crippen LogP contribution in [0, 0.1) is 6.66 Å². The molecule has 0 saturated carbocycles. The lowest BCUT2D eigenvalue weighted by Gasteiger charge is -2.48. The zero-order valence-corrected chi connectivity index (χ0v) is 23.2. The van der Waals surface area contributed by atoms with Crippen molar-refractivity contribution >= 4 is 48.8 Å². The second-order valence-electron chi connectivity index (χ2n) is 9.04. The molecule has 3 heterocycles. The van der Waals surface area contributed by atoms with Crippen molar-refractivity contribution in [3.63, 3.8) is 0 Å². The van der Waals surface area contributed by atoms with Gasteiger partial charge in [-0.3, -0.25) is 0 Å². The predicted molar refractivity (Wildman–Crippen MR) is 156 cm³/mol. The SMILES string of the molecule is [CH2-][P+]1(N(CCCC)P(c2ccsc2)c2ccsc2)[C@@H](c2ccccc2)CC[C@@H]1c1ccccc1. The van der Waals surface area contributed by atoms with Gasteiger partial charge in [-0.1, -0.05) is 74.0 Å². The fourth-order valence-electron chi connectivity index (χ4n) is 5.43. The van der Waals surface area contributed by atoms with E-state index in [0.29, 0.717) is 11.3 Å². The Bertz CT molecular complexity index is 1050. The van der Waals surface area contributed by atoms with E-state index < -0.39 is 15.5 Å². The van der Waals surface area contributed by atoms with Gasteiger partial charge in [0.05, 0.1) is 19.4 Å². The predicted octanol–water partition coefficient (Wildman–Crippen LogP) is 9.26. The van der Waals surface area contributed by atoms with Crippen LogP contribution in [0.25, 0.3) is 0 Å². The Morgan fingerprint density at radius 2 is 1.32 bits per heavy atom. The van der Waals surface area contributed by atoms with Gasteiger partial charge in [0.1, 0.15) is 0 Å². The van der Waals surface area contributed by atoms with Gasteiger partial charge in [0.2, 0.25) is 0 Å². The first kappa shape index (κ1) is 24.4. The lowest BCUT2D eigenvalue weighted by atomic mass is 10.0. The smallest absolute Gasteiger partial charge is 0.0845 e. The van der Waals surface area contributed by atoms with E-state index in [1.54, 1.807) is 0 Å². The quantitative estimate of drug-likeness (QED) is 0.157. The molecule has 0 bridgehead atoms. The standard InChI is InChI=1S/C29H33NP2S2/c1-3-4-19-30(31(26-17-20-33-22-26)27-18-21-34-23-27)32(2)28(24-11-7-5-8-12-24)15-16-29(32)25-13-9-6-10-14-25/h5-14,17-18,20-23,28-29H,2-4,15-16,19H2,1H3/t28-,29-/m1/s1. The fourth-order valence-corrected chi connectivity index (χ4v) is 16.3. The second-order valence-corrected chi connectivity index (χ2v) is 16.6. The van der Waals surface area contributed by atoms with Gasteiger partial charge < -0.3 is 0 Å². The van der Waals surface area contributed by atoms with Gasteiger partial charge in [-0.15, -0.1) is 0 Å². The van der Waals surface area contributed by atoms with Crippen molar-refractivity contribution in [1.82, 2.24) is 4.44 Å². The molecule has 2 aromatic carbocycles. The average molecular weight is 522 g/mol. The van der Waals surface area contributed by atoms with Gasteiger partial charge in [-0.05, 0) is 60.7 Å². The van der Waals surface area contributed by atoms with Gasteiger partial charge in [0.15, 0.2) is 0 Å². The number of thiophene rings is 2. The monoisotopic (exact) mass is 521 g/mol. The zero-order valence-electron chi connectivity index (χ0n) is 19.8. The minimum absolute atomic E-state index is 0.512. The van der Waals surface area contributed by atoms with Gasteiger partial charge in [0.25, 0.3) is 0 Å². The molecule has 4 aromatic rings. The number of rotatable bonds is 9. The van der Waals surface area contributed by atoms with Crippen LogP contribution in [0.15, 0.2) is 94.3 Å². The molecule has 176 valence electrons. The number of hydrogen-bond acceptors (Lipinski definition) is 3. The molecule has 1 aliphatic rings. The maximum absolute atomic E-state index is 5.34. The Labute approximate surface area is 215 Å². The van der Waals surface area contributed by atoms with Crippen molar-refractivity contribution in [2.75, 3.05) is 6.54 Å². The molecule has 0 spiro atoms. The summed E-state index contributed by atoms with van der Waals surface area (Å²) in [6.07, 6.45) is 4.87.